The van der Waals surface area contributed by atoms with Crippen molar-refractivity contribution in [3.05, 3.63) is 53.3 Å². The van der Waals surface area contributed by atoms with E-state index in [1.807, 2.05) is 24.3 Å². The highest BCUT2D eigenvalue weighted by Crippen LogP contribution is 2.09. The lowest BCUT2D eigenvalue weighted by Gasteiger charge is -1.93. The highest BCUT2D eigenvalue weighted by Gasteiger charge is 1.91. The topological polar surface area (TPSA) is 38.1 Å². The Labute approximate surface area is 92.5 Å². The largest absolute Gasteiger partial charge is 0.249 e. The van der Waals surface area contributed by atoms with Crippen molar-refractivity contribution in [3.8, 4) is 0 Å². The molecule has 0 atom stereocenters. The summed E-state index contributed by atoms with van der Waals surface area (Å²) in [7, 11) is 0. The molecule has 1 heterocycles. The van der Waals surface area contributed by atoms with Crippen molar-refractivity contribution in [1.29, 1.82) is 0 Å². The molecule has 15 heavy (non-hydrogen) atoms. The monoisotopic (exact) mass is 217 g/mol. The van der Waals surface area contributed by atoms with Gasteiger partial charge in [-0.25, -0.2) is 15.0 Å². The molecule has 1 aromatic carbocycles. The van der Waals surface area contributed by atoms with Crippen molar-refractivity contribution in [3.63, 3.8) is 0 Å². The number of nitrogens with zero attached hydrogens (tertiary/aromatic N) is 3. The molecule has 0 unspecified atom stereocenters. The van der Waals surface area contributed by atoms with Gasteiger partial charge in [0.25, 0.3) is 0 Å². The molecule has 2 rings (SSSR count). The van der Waals surface area contributed by atoms with Crippen LogP contribution in [0.3, 0.4) is 0 Å². The predicted molar refractivity (Wildman–Crippen MR) is 60.7 cm³/mol. The lowest BCUT2D eigenvalue weighted by Crippen LogP contribution is -1.82. The number of aromatic nitrogens is 2. The van der Waals surface area contributed by atoms with E-state index in [2.05, 4.69) is 15.0 Å². The summed E-state index contributed by atoms with van der Waals surface area (Å²) >= 11 is 5.83. The van der Waals surface area contributed by atoms with Crippen LogP contribution in [0.5, 0.6) is 0 Å². The number of hydrogen-bond donors (Lipinski definition) is 0. The second-order valence-corrected chi connectivity index (χ2v) is 3.30. The Morgan fingerprint density at radius 2 is 1.93 bits per heavy atom. The van der Waals surface area contributed by atoms with Crippen LogP contribution in [0.25, 0.3) is 0 Å². The van der Waals surface area contributed by atoms with Gasteiger partial charge < -0.3 is 0 Å². The minimum Gasteiger partial charge on any atom is -0.220 e. The Morgan fingerprint density at radius 3 is 2.67 bits per heavy atom. The molecule has 0 bridgehead atoms. The Bertz CT molecular complexity index is 468. The minimum atomic E-state index is 0.442. The summed E-state index contributed by atoms with van der Waals surface area (Å²) in [6, 6.07) is 9.18. The summed E-state index contributed by atoms with van der Waals surface area (Å²) in [6.45, 7) is 0. The van der Waals surface area contributed by atoms with Crippen LogP contribution in [-0.4, -0.2) is 16.2 Å². The fourth-order valence-electron chi connectivity index (χ4n) is 1.08. The molecule has 0 saturated carbocycles. The van der Waals surface area contributed by atoms with Crippen LogP contribution in [0.4, 0.5) is 5.95 Å². The van der Waals surface area contributed by atoms with E-state index in [-0.39, 0.29) is 0 Å². The maximum absolute atomic E-state index is 5.83. The van der Waals surface area contributed by atoms with Gasteiger partial charge in [0.15, 0.2) is 0 Å². The van der Waals surface area contributed by atoms with Crippen LogP contribution < -0.4 is 0 Å². The maximum Gasteiger partial charge on any atom is 0.249 e. The molecule has 0 fully saturated rings. The van der Waals surface area contributed by atoms with E-state index in [1.165, 1.54) is 0 Å². The number of rotatable bonds is 2. The van der Waals surface area contributed by atoms with Gasteiger partial charge in [0, 0.05) is 23.6 Å². The molecule has 2 aromatic rings. The lowest BCUT2D eigenvalue weighted by atomic mass is 10.2. The highest BCUT2D eigenvalue weighted by molar-refractivity contribution is 6.30. The maximum atomic E-state index is 5.83. The Morgan fingerprint density at radius 1 is 1.13 bits per heavy atom. The molecule has 0 saturated heterocycles. The zero-order valence-corrected chi connectivity index (χ0v) is 8.59. The van der Waals surface area contributed by atoms with E-state index in [0.717, 1.165) is 5.56 Å². The van der Waals surface area contributed by atoms with Gasteiger partial charge in [-0.2, -0.15) is 0 Å². The van der Waals surface area contributed by atoms with E-state index in [9.17, 15) is 0 Å². The molecule has 0 N–H and O–H groups in total. The van der Waals surface area contributed by atoms with Gasteiger partial charge >= 0.3 is 0 Å². The van der Waals surface area contributed by atoms with Crippen molar-refractivity contribution in [2.45, 2.75) is 0 Å². The van der Waals surface area contributed by atoms with Crippen LogP contribution in [0.2, 0.25) is 5.02 Å². The third-order valence-corrected chi connectivity index (χ3v) is 1.97. The second-order valence-electron chi connectivity index (χ2n) is 2.86. The molecule has 1 aromatic heterocycles. The van der Waals surface area contributed by atoms with Crippen molar-refractivity contribution in [1.82, 2.24) is 9.97 Å². The second kappa shape index (κ2) is 4.66. The van der Waals surface area contributed by atoms with Crippen molar-refractivity contribution in [2.24, 2.45) is 4.99 Å². The number of aliphatic imine (C=N–C) groups is 1. The van der Waals surface area contributed by atoms with Crippen molar-refractivity contribution < 1.29 is 0 Å². The fraction of sp³-hybridized carbons (Fsp3) is 0. The number of halogens is 1. The molecule has 4 heteroatoms. The normalized spacial score (nSPS) is 10.7. The van der Waals surface area contributed by atoms with Crippen LogP contribution in [0, 0.1) is 0 Å². The molecule has 3 nitrogen and oxygen atoms in total. The first-order valence-electron chi connectivity index (χ1n) is 4.41. The first-order chi connectivity index (χ1) is 7.34. The van der Waals surface area contributed by atoms with Crippen molar-refractivity contribution >= 4 is 23.8 Å². The summed E-state index contributed by atoms with van der Waals surface area (Å²) in [5.41, 5.74) is 0.926. The Kier molecular flexibility index (Phi) is 3.05. The summed E-state index contributed by atoms with van der Waals surface area (Å²) in [5.74, 6) is 0.442. The first kappa shape index (κ1) is 9.80. The molecule has 0 aliphatic carbocycles. The van der Waals surface area contributed by atoms with Gasteiger partial charge in [0.1, 0.15) is 0 Å². The Hall–Kier alpha value is -1.74. The summed E-state index contributed by atoms with van der Waals surface area (Å²) in [6.07, 6.45) is 4.98. The summed E-state index contributed by atoms with van der Waals surface area (Å²) < 4.78 is 0. The average molecular weight is 218 g/mol. The quantitative estimate of drug-likeness (QED) is 0.726. The third-order valence-electron chi connectivity index (χ3n) is 1.73. The van der Waals surface area contributed by atoms with Crippen LogP contribution >= 0.6 is 11.6 Å². The summed E-state index contributed by atoms with van der Waals surface area (Å²) in [5, 5.41) is 0.688. The summed E-state index contributed by atoms with van der Waals surface area (Å²) in [4.78, 5) is 12.1. The molecular weight excluding hydrogens is 210 g/mol. The van der Waals surface area contributed by atoms with E-state index < -0.39 is 0 Å². The van der Waals surface area contributed by atoms with Gasteiger partial charge in [0.05, 0.1) is 0 Å². The zero-order chi connectivity index (χ0) is 10.5. The van der Waals surface area contributed by atoms with Crippen LogP contribution in [0.1, 0.15) is 5.56 Å². The molecule has 0 aliphatic heterocycles. The highest BCUT2D eigenvalue weighted by atomic mass is 35.5. The minimum absolute atomic E-state index is 0.442. The lowest BCUT2D eigenvalue weighted by molar-refractivity contribution is 1.14. The average Bonchev–Trinajstić information content (AvgIpc) is 2.28. The molecule has 0 aliphatic rings. The smallest absolute Gasteiger partial charge is 0.220 e. The predicted octanol–water partition coefficient (Wildman–Crippen LogP) is 2.88. The van der Waals surface area contributed by atoms with E-state index in [4.69, 9.17) is 11.6 Å². The van der Waals surface area contributed by atoms with Crippen molar-refractivity contribution in [2.75, 3.05) is 0 Å². The van der Waals surface area contributed by atoms with Gasteiger partial charge in [-0.15, -0.1) is 0 Å². The van der Waals surface area contributed by atoms with Gasteiger partial charge in [0.2, 0.25) is 5.95 Å². The molecular formula is C11H8ClN3. The standard InChI is InChI=1S/C11H8ClN3/c12-10-4-1-3-9(7-10)8-15-11-13-5-2-6-14-11/h1-8H/b15-8+. The van der Waals surface area contributed by atoms with Gasteiger partial charge in [-0.05, 0) is 23.8 Å². The number of hydrogen-bond acceptors (Lipinski definition) is 3. The van der Waals surface area contributed by atoms with E-state index in [1.54, 1.807) is 24.7 Å². The molecule has 0 radical (unpaired) electrons. The zero-order valence-electron chi connectivity index (χ0n) is 7.84. The van der Waals surface area contributed by atoms with Gasteiger partial charge in [-0.3, -0.25) is 0 Å². The van der Waals surface area contributed by atoms with Gasteiger partial charge in [-0.1, -0.05) is 23.7 Å². The molecule has 74 valence electrons. The van der Waals surface area contributed by atoms with Crippen LogP contribution in [0.15, 0.2) is 47.7 Å². The first-order valence-corrected chi connectivity index (χ1v) is 4.79. The fourth-order valence-corrected chi connectivity index (χ4v) is 1.28. The third kappa shape index (κ3) is 2.86. The van der Waals surface area contributed by atoms with E-state index >= 15 is 0 Å². The van der Waals surface area contributed by atoms with E-state index in [0.29, 0.717) is 11.0 Å². The van der Waals surface area contributed by atoms with Crippen LogP contribution in [-0.2, 0) is 0 Å². The molecule has 0 amide bonds. The SMILES string of the molecule is Clc1cccc(/C=N/c2ncccn2)c1. The number of benzene rings is 1. The Balaban J connectivity index is 2.19. The molecule has 0 spiro atoms.